The molecule has 0 aromatic heterocycles. The van der Waals surface area contributed by atoms with Crippen LogP contribution >= 0.6 is 11.8 Å². The van der Waals surface area contributed by atoms with Crippen LogP contribution in [-0.2, 0) is 9.53 Å². The number of hydrogen-bond acceptors (Lipinski definition) is 5. The average Bonchev–Trinajstić information content (AvgIpc) is 2.60. The number of carbonyl (C=O) groups is 2. The second-order valence-electron chi connectivity index (χ2n) is 6.68. The van der Waals surface area contributed by atoms with Crippen molar-refractivity contribution in [3.05, 3.63) is 48.5 Å². The van der Waals surface area contributed by atoms with Crippen LogP contribution in [-0.4, -0.2) is 31.3 Å². The molecule has 0 radical (unpaired) electrons. The van der Waals surface area contributed by atoms with Crippen LogP contribution in [0.4, 0.5) is 10.5 Å². The molecular weight excluding hydrogens is 364 g/mol. The van der Waals surface area contributed by atoms with Gasteiger partial charge in [0, 0.05) is 9.79 Å². The predicted molar refractivity (Wildman–Crippen MR) is 106 cm³/mol. The predicted octanol–water partition coefficient (Wildman–Crippen LogP) is 4.31. The lowest BCUT2D eigenvalue weighted by molar-refractivity contribution is -0.115. The summed E-state index contributed by atoms with van der Waals surface area (Å²) >= 11 is 1.51. The number of hydrogen-bond donors (Lipinski definition) is 2. The first kappa shape index (κ1) is 20.6. The fraction of sp³-hybridized carbons (Fsp3) is 0.300. The van der Waals surface area contributed by atoms with Crippen LogP contribution in [0.1, 0.15) is 20.8 Å². The van der Waals surface area contributed by atoms with Gasteiger partial charge in [0.2, 0.25) is 5.91 Å². The van der Waals surface area contributed by atoms with E-state index in [0.717, 1.165) is 15.5 Å². The number of ether oxygens (including phenoxy) is 2. The van der Waals surface area contributed by atoms with Gasteiger partial charge in [0.1, 0.15) is 17.9 Å². The van der Waals surface area contributed by atoms with E-state index in [1.165, 1.54) is 11.8 Å². The lowest BCUT2D eigenvalue weighted by atomic mass is 10.2. The molecule has 144 valence electrons. The zero-order chi connectivity index (χ0) is 19.9. The Morgan fingerprint density at radius 1 is 1.07 bits per heavy atom. The highest BCUT2D eigenvalue weighted by molar-refractivity contribution is 7.99. The summed E-state index contributed by atoms with van der Waals surface area (Å²) in [6.45, 7) is 5.11. The number of amides is 2. The zero-order valence-corrected chi connectivity index (χ0v) is 16.7. The maximum absolute atomic E-state index is 12.2. The Kier molecular flexibility index (Phi) is 7.12. The van der Waals surface area contributed by atoms with Crippen LogP contribution in [0.3, 0.4) is 0 Å². The van der Waals surface area contributed by atoms with Crippen LogP contribution in [0, 0.1) is 0 Å². The van der Waals surface area contributed by atoms with E-state index in [-0.39, 0.29) is 12.5 Å². The van der Waals surface area contributed by atoms with E-state index >= 15 is 0 Å². The molecule has 7 heteroatoms. The van der Waals surface area contributed by atoms with Gasteiger partial charge in [-0.3, -0.25) is 4.79 Å². The summed E-state index contributed by atoms with van der Waals surface area (Å²) in [7, 11) is 1.62. The van der Waals surface area contributed by atoms with Crippen LogP contribution in [0.2, 0.25) is 0 Å². The summed E-state index contributed by atoms with van der Waals surface area (Å²) in [6, 6.07) is 15.1. The first-order valence-corrected chi connectivity index (χ1v) is 9.26. The van der Waals surface area contributed by atoms with Gasteiger partial charge >= 0.3 is 6.09 Å². The zero-order valence-electron chi connectivity index (χ0n) is 15.9. The molecule has 2 aromatic carbocycles. The van der Waals surface area contributed by atoms with E-state index < -0.39 is 11.7 Å². The van der Waals surface area contributed by atoms with Crippen LogP contribution < -0.4 is 15.4 Å². The Morgan fingerprint density at radius 2 is 1.81 bits per heavy atom. The fourth-order valence-corrected chi connectivity index (χ4v) is 3.06. The minimum atomic E-state index is -0.628. The molecule has 2 N–H and O–H groups in total. The van der Waals surface area contributed by atoms with E-state index in [4.69, 9.17) is 9.47 Å². The van der Waals surface area contributed by atoms with Crippen molar-refractivity contribution < 1.29 is 19.1 Å². The summed E-state index contributed by atoms with van der Waals surface area (Å²) < 4.78 is 10.4. The third kappa shape index (κ3) is 7.22. The van der Waals surface area contributed by atoms with Crippen molar-refractivity contribution in [3.63, 3.8) is 0 Å². The monoisotopic (exact) mass is 388 g/mol. The van der Waals surface area contributed by atoms with Crippen molar-refractivity contribution in [1.82, 2.24) is 5.32 Å². The highest BCUT2D eigenvalue weighted by Crippen LogP contribution is 2.34. The Bertz CT molecular complexity index is 803. The molecule has 0 bridgehead atoms. The van der Waals surface area contributed by atoms with Crippen molar-refractivity contribution in [3.8, 4) is 5.75 Å². The normalized spacial score (nSPS) is 10.8. The van der Waals surface area contributed by atoms with Gasteiger partial charge in [-0.1, -0.05) is 30.0 Å². The van der Waals surface area contributed by atoms with Gasteiger partial charge in [0.25, 0.3) is 0 Å². The van der Waals surface area contributed by atoms with Gasteiger partial charge in [-0.2, -0.15) is 0 Å². The number of benzene rings is 2. The molecule has 27 heavy (non-hydrogen) atoms. The molecule has 0 aliphatic heterocycles. The Balaban J connectivity index is 1.98. The van der Waals surface area contributed by atoms with Crippen molar-refractivity contribution in [2.75, 3.05) is 19.0 Å². The van der Waals surface area contributed by atoms with E-state index in [9.17, 15) is 9.59 Å². The Morgan fingerprint density at radius 3 is 2.52 bits per heavy atom. The van der Waals surface area contributed by atoms with Gasteiger partial charge in [0.15, 0.2) is 0 Å². The van der Waals surface area contributed by atoms with Gasteiger partial charge in [0.05, 0.1) is 12.8 Å². The average molecular weight is 388 g/mol. The number of methoxy groups -OCH3 is 1. The summed E-state index contributed by atoms with van der Waals surface area (Å²) in [5.74, 6) is 0.433. The van der Waals surface area contributed by atoms with Gasteiger partial charge in [-0.15, -0.1) is 0 Å². The van der Waals surface area contributed by atoms with E-state index in [1.807, 2.05) is 48.5 Å². The largest absolute Gasteiger partial charge is 0.497 e. The van der Waals surface area contributed by atoms with Gasteiger partial charge in [-0.05, 0) is 51.1 Å². The minimum absolute atomic E-state index is 0.174. The fourth-order valence-electron chi connectivity index (χ4n) is 2.11. The molecule has 0 aliphatic rings. The van der Waals surface area contributed by atoms with E-state index in [2.05, 4.69) is 10.6 Å². The van der Waals surface area contributed by atoms with Crippen molar-refractivity contribution in [1.29, 1.82) is 0 Å². The second-order valence-corrected chi connectivity index (χ2v) is 7.80. The molecule has 0 saturated carbocycles. The van der Waals surface area contributed by atoms with Gasteiger partial charge < -0.3 is 20.1 Å². The minimum Gasteiger partial charge on any atom is -0.497 e. The molecule has 0 atom stereocenters. The standard InChI is InChI=1S/C20H24N2O4S/c1-20(2,3)26-19(24)21-13-18(23)22-16-10-5-6-11-17(16)27-15-9-7-8-14(12-15)25-4/h5-12H,13H2,1-4H3,(H,21,24)(H,22,23). The van der Waals surface area contributed by atoms with Crippen LogP contribution in [0.5, 0.6) is 5.75 Å². The highest BCUT2D eigenvalue weighted by Gasteiger charge is 2.17. The van der Waals surface area contributed by atoms with Crippen LogP contribution in [0.15, 0.2) is 58.3 Å². The lowest BCUT2D eigenvalue weighted by Crippen LogP contribution is -2.37. The van der Waals surface area contributed by atoms with Crippen molar-refractivity contribution in [2.45, 2.75) is 36.2 Å². The molecule has 0 unspecified atom stereocenters. The summed E-state index contributed by atoms with van der Waals surface area (Å²) in [5, 5.41) is 5.26. The first-order valence-electron chi connectivity index (χ1n) is 8.44. The smallest absolute Gasteiger partial charge is 0.408 e. The number of rotatable bonds is 6. The summed E-state index contributed by atoms with van der Waals surface area (Å²) in [4.78, 5) is 25.7. The molecule has 0 fully saturated rings. The molecule has 2 amide bonds. The number of carbonyl (C=O) groups excluding carboxylic acids is 2. The number of anilines is 1. The third-order valence-corrected chi connectivity index (χ3v) is 4.29. The SMILES string of the molecule is COc1cccc(Sc2ccccc2NC(=O)CNC(=O)OC(C)(C)C)c1. The highest BCUT2D eigenvalue weighted by atomic mass is 32.2. The molecule has 6 nitrogen and oxygen atoms in total. The van der Waals surface area contributed by atoms with Crippen molar-refractivity contribution in [2.24, 2.45) is 0 Å². The quantitative estimate of drug-likeness (QED) is 0.771. The van der Waals surface area contributed by atoms with Crippen molar-refractivity contribution >= 4 is 29.4 Å². The summed E-state index contributed by atoms with van der Waals surface area (Å²) in [6.07, 6.45) is -0.628. The number of nitrogens with one attached hydrogen (secondary N) is 2. The third-order valence-electron chi connectivity index (χ3n) is 3.22. The number of para-hydroxylation sites is 1. The molecular formula is C20H24N2O4S. The lowest BCUT2D eigenvalue weighted by Gasteiger charge is -2.19. The summed E-state index contributed by atoms with van der Waals surface area (Å²) in [5.41, 5.74) is 0.0573. The van der Waals surface area contributed by atoms with E-state index in [1.54, 1.807) is 27.9 Å². The molecule has 2 aromatic rings. The molecule has 2 rings (SSSR count). The molecule has 0 heterocycles. The molecule has 0 spiro atoms. The molecule has 0 aliphatic carbocycles. The first-order chi connectivity index (χ1) is 12.8. The Hall–Kier alpha value is -2.67. The van der Waals surface area contributed by atoms with Gasteiger partial charge in [-0.25, -0.2) is 4.79 Å². The number of alkyl carbamates (subject to hydrolysis) is 1. The topological polar surface area (TPSA) is 76.7 Å². The van der Waals surface area contributed by atoms with Crippen LogP contribution in [0.25, 0.3) is 0 Å². The van der Waals surface area contributed by atoms with E-state index in [0.29, 0.717) is 5.69 Å². The Labute approximate surface area is 163 Å². The maximum Gasteiger partial charge on any atom is 0.408 e. The maximum atomic E-state index is 12.2. The molecule has 0 saturated heterocycles. The second kappa shape index (κ2) is 9.32.